The van der Waals surface area contributed by atoms with Gasteiger partial charge in [0, 0.05) is 17.2 Å². The van der Waals surface area contributed by atoms with E-state index in [-0.39, 0.29) is 17.4 Å². The smallest absolute Gasteiger partial charge is 0.168 e. The molecule has 0 bridgehead atoms. The van der Waals surface area contributed by atoms with E-state index in [0.29, 0.717) is 5.56 Å². The molecule has 0 atom stereocenters. The molecule has 1 aromatic carbocycles. The number of halogens is 1. The number of nitrogens with two attached hydrogens (primary N) is 1. The van der Waals surface area contributed by atoms with Gasteiger partial charge >= 0.3 is 0 Å². The minimum absolute atomic E-state index is 0.0532. The second-order valence-electron chi connectivity index (χ2n) is 3.37. The maximum Gasteiger partial charge on any atom is 0.168 e. The lowest BCUT2D eigenvalue weighted by Gasteiger charge is -2.02. The zero-order valence-electron chi connectivity index (χ0n) is 7.09. The summed E-state index contributed by atoms with van der Waals surface area (Å²) in [5, 5.41) is 0. The van der Waals surface area contributed by atoms with E-state index in [1.165, 1.54) is 18.2 Å². The van der Waals surface area contributed by atoms with E-state index in [1.807, 2.05) is 0 Å². The second-order valence-corrected chi connectivity index (χ2v) is 3.37. The third-order valence-corrected chi connectivity index (χ3v) is 2.23. The Hall–Kier alpha value is -1.38. The van der Waals surface area contributed by atoms with Gasteiger partial charge in [0.05, 0.1) is 0 Å². The number of benzene rings is 1. The molecule has 2 N–H and O–H groups in total. The van der Waals surface area contributed by atoms with Crippen molar-refractivity contribution in [1.29, 1.82) is 0 Å². The van der Waals surface area contributed by atoms with Crippen LogP contribution >= 0.6 is 0 Å². The van der Waals surface area contributed by atoms with E-state index in [9.17, 15) is 9.18 Å². The first kappa shape index (κ1) is 8.23. The minimum Gasteiger partial charge on any atom is -0.398 e. The third-order valence-electron chi connectivity index (χ3n) is 2.23. The van der Waals surface area contributed by atoms with Gasteiger partial charge in [-0.15, -0.1) is 0 Å². The maximum atomic E-state index is 12.6. The van der Waals surface area contributed by atoms with Crippen LogP contribution in [0.15, 0.2) is 18.2 Å². The normalized spacial score (nSPS) is 15.8. The van der Waals surface area contributed by atoms with Gasteiger partial charge in [0.25, 0.3) is 0 Å². The number of hydrogen-bond acceptors (Lipinski definition) is 2. The summed E-state index contributed by atoms with van der Waals surface area (Å²) < 4.78 is 12.6. The fourth-order valence-corrected chi connectivity index (χ4v) is 1.32. The van der Waals surface area contributed by atoms with Crippen LogP contribution in [-0.4, -0.2) is 5.78 Å². The van der Waals surface area contributed by atoms with Crippen LogP contribution in [0.3, 0.4) is 0 Å². The largest absolute Gasteiger partial charge is 0.398 e. The highest BCUT2D eigenvalue weighted by Gasteiger charge is 2.31. The lowest BCUT2D eigenvalue weighted by molar-refractivity contribution is 0.0968. The van der Waals surface area contributed by atoms with Crippen molar-refractivity contribution in [3.05, 3.63) is 29.6 Å². The van der Waals surface area contributed by atoms with Crippen LogP contribution in [0.4, 0.5) is 10.1 Å². The van der Waals surface area contributed by atoms with E-state index in [0.717, 1.165) is 12.8 Å². The standard InChI is InChI=1S/C10H10FNO/c11-7-3-4-8(9(12)5-7)10(13)6-1-2-6/h3-6H,1-2,12H2. The Balaban J connectivity index is 2.33. The topological polar surface area (TPSA) is 43.1 Å². The summed E-state index contributed by atoms with van der Waals surface area (Å²) in [5.41, 5.74) is 6.24. The highest BCUT2D eigenvalue weighted by atomic mass is 19.1. The molecule has 0 spiro atoms. The molecule has 0 amide bonds. The van der Waals surface area contributed by atoms with Crippen LogP contribution in [0, 0.1) is 11.7 Å². The molecule has 1 aromatic rings. The number of hydrogen-bond donors (Lipinski definition) is 1. The van der Waals surface area contributed by atoms with Gasteiger partial charge in [0.1, 0.15) is 5.82 Å². The highest BCUT2D eigenvalue weighted by molar-refractivity contribution is 6.03. The zero-order valence-corrected chi connectivity index (χ0v) is 7.09. The first-order chi connectivity index (χ1) is 6.18. The summed E-state index contributed by atoms with van der Waals surface area (Å²) in [5.74, 6) is -0.213. The Morgan fingerprint density at radius 2 is 2.15 bits per heavy atom. The van der Waals surface area contributed by atoms with Gasteiger partial charge in [-0.2, -0.15) is 0 Å². The maximum absolute atomic E-state index is 12.6. The number of carbonyl (C=O) groups is 1. The van der Waals surface area contributed by atoms with E-state index >= 15 is 0 Å². The van der Waals surface area contributed by atoms with E-state index in [4.69, 9.17) is 5.73 Å². The second kappa shape index (κ2) is 2.83. The Labute approximate surface area is 75.6 Å². The Morgan fingerprint density at radius 3 is 2.69 bits per heavy atom. The summed E-state index contributed by atoms with van der Waals surface area (Å²) in [4.78, 5) is 11.5. The van der Waals surface area contributed by atoms with E-state index in [2.05, 4.69) is 0 Å². The molecule has 1 fully saturated rings. The molecule has 1 saturated carbocycles. The summed E-state index contributed by atoms with van der Waals surface area (Å²) in [6.45, 7) is 0. The summed E-state index contributed by atoms with van der Waals surface area (Å²) >= 11 is 0. The zero-order chi connectivity index (χ0) is 9.42. The predicted octanol–water partition coefficient (Wildman–Crippen LogP) is 2.00. The molecular formula is C10H10FNO. The van der Waals surface area contributed by atoms with Crippen molar-refractivity contribution in [2.24, 2.45) is 5.92 Å². The lowest BCUT2D eigenvalue weighted by Crippen LogP contribution is -2.05. The predicted molar refractivity (Wildman–Crippen MR) is 47.9 cm³/mol. The average molecular weight is 179 g/mol. The van der Waals surface area contributed by atoms with Gasteiger partial charge < -0.3 is 5.73 Å². The van der Waals surface area contributed by atoms with Crippen LogP contribution in [0.25, 0.3) is 0 Å². The molecule has 1 aliphatic rings. The van der Waals surface area contributed by atoms with Crippen molar-refractivity contribution in [2.75, 3.05) is 5.73 Å². The molecule has 1 aliphatic carbocycles. The van der Waals surface area contributed by atoms with Crippen molar-refractivity contribution in [2.45, 2.75) is 12.8 Å². The fraction of sp³-hybridized carbons (Fsp3) is 0.300. The monoisotopic (exact) mass is 179 g/mol. The molecule has 3 heteroatoms. The summed E-state index contributed by atoms with van der Waals surface area (Å²) in [7, 11) is 0. The first-order valence-corrected chi connectivity index (χ1v) is 4.27. The number of nitrogen functional groups attached to an aromatic ring is 1. The van der Waals surface area contributed by atoms with E-state index < -0.39 is 5.82 Å². The van der Waals surface area contributed by atoms with Crippen LogP contribution in [0.2, 0.25) is 0 Å². The molecule has 13 heavy (non-hydrogen) atoms. The molecule has 2 rings (SSSR count). The van der Waals surface area contributed by atoms with Gasteiger partial charge in [-0.1, -0.05) is 0 Å². The lowest BCUT2D eigenvalue weighted by atomic mass is 10.1. The molecule has 68 valence electrons. The van der Waals surface area contributed by atoms with Gasteiger partial charge in [-0.3, -0.25) is 4.79 Å². The average Bonchev–Trinajstić information content (AvgIpc) is 2.85. The molecule has 0 saturated heterocycles. The summed E-state index contributed by atoms with van der Waals surface area (Å²) in [6.07, 6.45) is 1.88. The number of ketones is 1. The van der Waals surface area contributed by atoms with E-state index in [1.54, 1.807) is 0 Å². The molecule has 0 aromatic heterocycles. The Bertz CT molecular complexity index is 358. The van der Waals surface area contributed by atoms with Crippen LogP contribution in [0.1, 0.15) is 23.2 Å². The van der Waals surface area contributed by atoms with Crippen molar-refractivity contribution in [3.63, 3.8) is 0 Å². The van der Waals surface area contributed by atoms with Crippen molar-refractivity contribution < 1.29 is 9.18 Å². The van der Waals surface area contributed by atoms with Gasteiger partial charge in [0.2, 0.25) is 0 Å². The Kier molecular flexibility index (Phi) is 1.79. The quantitative estimate of drug-likeness (QED) is 0.557. The SMILES string of the molecule is Nc1cc(F)ccc1C(=O)C1CC1. The number of carbonyl (C=O) groups excluding carboxylic acids is 1. The minimum atomic E-state index is -0.398. The fourth-order valence-electron chi connectivity index (χ4n) is 1.32. The highest BCUT2D eigenvalue weighted by Crippen LogP contribution is 2.34. The number of anilines is 1. The van der Waals surface area contributed by atoms with Crippen molar-refractivity contribution in [3.8, 4) is 0 Å². The van der Waals surface area contributed by atoms with Gasteiger partial charge in [-0.05, 0) is 31.0 Å². The third kappa shape index (κ3) is 1.54. The van der Waals surface area contributed by atoms with Crippen molar-refractivity contribution in [1.82, 2.24) is 0 Å². The molecule has 0 heterocycles. The van der Waals surface area contributed by atoms with Crippen LogP contribution in [0.5, 0.6) is 0 Å². The van der Waals surface area contributed by atoms with Crippen LogP contribution < -0.4 is 5.73 Å². The molecule has 0 unspecified atom stereocenters. The number of Topliss-reactive ketones (excluding diaryl/α,β-unsaturated/α-hetero) is 1. The number of rotatable bonds is 2. The Morgan fingerprint density at radius 1 is 1.46 bits per heavy atom. The van der Waals surface area contributed by atoms with Gasteiger partial charge in [0.15, 0.2) is 5.78 Å². The first-order valence-electron chi connectivity index (χ1n) is 4.27. The molecule has 0 radical (unpaired) electrons. The van der Waals surface area contributed by atoms with Gasteiger partial charge in [-0.25, -0.2) is 4.39 Å². The summed E-state index contributed by atoms with van der Waals surface area (Å²) in [6, 6.07) is 3.92. The molecule has 0 aliphatic heterocycles. The molecule has 2 nitrogen and oxygen atoms in total. The molecular weight excluding hydrogens is 169 g/mol. The van der Waals surface area contributed by atoms with Crippen molar-refractivity contribution >= 4 is 11.5 Å². The van der Waals surface area contributed by atoms with Crippen LogP contribution in [-0.2, 0) is 0 Å².